The second kappa shape index (κ2) is 5.56. The standard InChI is InChI=1S/C13H18O2/c1-10-7-8-13(15-3)12(9-10)6-4-5-11(2)14/h4,6-9,11,14H,5H2,1-3H3/b6-4+/t11-/m0/s1. The van der Waals surface area contributed by atoms with Crippen molar-refractivity contribution in [2.75, 3.05) is 7.11 Å². The molecule has 0 bridgehead atoms. The number of hydrogen-bond acceptors (Lipinski definition) is 2. The SMILES string of the molecule is COc1ccc(C)cc1/C=C/C[C@H](C)O. The smallest absolute Gasteiger partial charge is 0.126 e. The van der Waals surface area contributed by atoms with Crippen LogP contribution in [0.3, 0.4) is 0 Å². The van der Waals surface area contributed by atoms with Crippen molar-refractivity contribution in [2.45, 2.75) is 26.4 Å². The molecule has 1 rings (SSSR count). The zero-order valence-corrected chi connectivity index (χ0v) is 9.53. The van der Waals surface area contributed by atoms with Gasteiger partial charge in [0.15, 0.2) is 0 Å². The van der Waals surface area contributed by atoms with E-state index in [0.29, 0.717) is 6.42 Å². The predicted octanol–water partition coefficient (Wildman–Crippen LogP) is 2.79. The molecule has 1 atom stereocenters. The summed E-state index contributed by atoms with van der Waals surface area (Å²) in [5.41, 5.74) is 2.26. The molecule has 0 aliphatic rings. The first-order valence-electron chi connectivity index (χ1n) is 5.12. The fraction of sp³-hybridized carbons (Fsp3) is 0.385. The molecule has 2 heteroatoms. The molecule has 0 saturated carbocycles. The van der Waals surface area contributed by atoms with Crippen molar-refractivity contribution in [3.63, 3.8) is 0 Å². The fourth-order valence-electron chi connectivity index (χ4n) is 1.38. The maximum absolute atomic E-state index is 9.13. The van der Waals surface area contributed by atoms with E-state index in [-0.39, 0.29) is 6.10 Å². The Labute approximate surface area is 91.2 Å². The molecule has 2 nitrogen and oxygen atoms in total. The summed E-state index contributed by atoms with van der Waals surface area (Å²) in [7, 11) is 1.66. The number of aliphatic hydroxyl groups excluding tert-OH is 1. The quantitative estimate of drug-likeness (QED) is 0.820. The molecule has 1 aromatic rings. The monoisotopic (exact) mass is 206 g/mol. The maximum atomic E-state index is 9.13. The Kier molecular flexibility index (Phi) is 4.37. The van der Waals surface area contributed by atoms with E-state index in [4.69, 9.17) is 9.84 Å². The van der Waals surface area contributed by atoms with Gasteiger partial charge in [0.1, 0.15) is 5.75 Å². The molecule has 0 aromatic heterocycles. The van der Waals surface area contributed by atoms with Crippen LogP contribution in [-0.4, -0.2) is 18.3 Å². The van der Waals surface area contributed by atoms with Gasteiger partial charge in [0, 0.05) is 5.56 Å². The molecule has 0 spiro atoms. The van der Waals surface area contributed by atoms with Gasteiger partial charge in [-0.15, -0.1) is 0 Å². The lowest BCUT2D eigenvalue weighted by molar-refractivity contribution is 0.199. The zero-order chi connectivity index (χ0) is 11.3. The summed E-state index contributed by atoms with van der Waals surface area (Å²) >= 11 is 0. The normalized spacial score (nSPS) is 13.1. The van der Waals surface area contributed by atoms with E-state index in [1.54, 1.807) is 14.0 Å². The molecule has 0 amide bonds. The van der Waals surface area contributed by atoms with Gasteiger partial charge in [-0.2, -0.15) is 0 Å². The van der Waals surface area contributed by atoms with Crippen LogP contribution >= 0.6 is 0 Å². The Hall–Kier alpha value is -1.28. The van der Waals surface area contributed by atoms with Gasteiger partial charge >= 0.3 is 0 Å². The van der Waals surface area contributed by atoms with E-state index in [1.165, 1.54) is 5.56 Å². The van der Waals surface area contributed by atoms with Gasteiger partial charge in [0.05, 0.1) is 13.2 Å². The van der Waals surface area contributed by atoms with E-state index < -0.39 is 0 Å². The molecular formula is C13H18O2. The van der Waals surface area contributed by atoms with Crippen molar-refractivity contribution in [2.24, 2.45) is 0 Å². The van der Waals surface area contributed by atoms with Crippen molar-refractivity contribution in [3.8, 4) is 5.75 Å². The molecule has 0 saturated heterocycles. The van der Waals surface area contributed by atoms with E-state index in [0.717, 1.165) is 11.3 Å². The van der Waals surface area contributed by atoms with E-state index >= 15 is 0 Å². The third-order valence-corrected chi connectivity index (χ3v) is 2.16. The molecule has 82 valence electrons. The summed E-state index contributed by atoms with van der Waals surface area (Å²) in [6.07, 6.45) is 4.31. The minimum Gasteiger partial charge on any atom is -0.496 e. The molecule has 0 heterocycles. The number of aryl methyl sites for hydroxylation is 1. The third-order valence-electron chi connectivity index (χ3n) is 2.16. The first kappa shape index (κ1) is 11.8. The van der Waals surface area contributed by atoms with Gasteiger partial charge in [-0.3, -0.25) is 0 Å². The summed E-state index contributed by atoms with van der Waals surface area (Å²) in [6.45, 7) is 3.82. The maximum Gasteiger partial charge on any atom is 0.126 e. The topological polar surface area (TPSA) is 29.5 Å². The van der Waals surface area contributed by atoms with Gasteiger partial charge < -0.3 is 9.84 Å². The molecule has 0 aliphatic carbocycles. The molecule has 15 heavy (non-hydrogen) atoms. The van der Waals surface area contributed by atoms with Crippen LogP contribution in [-0.2, 0) is 0 Å². The van der Waals surface area contributed by atoms with Crippen LogP contribution in [0.5, 0.6) is 5.75 Å². The van der Waals surface area contributed by atoms with Crippen molar-refractivity contribution in [3.05, 3.63) is 35.4 Å². The lowest BCUT2D eigenvalue weighted by atomic mass is 10.1. The number of methoxy groups -OCH3 is 1. The van der Waals surface area contributed by atoms with Crippen molar-refractivity contribution in [1.29, 1.82) is 0 Å². The average molecular weight is 206 g/mol. The van der Waals surface area contributed by atoms with E-state index in [1.807, 2.05) is 31.2 Å². The highest BCUT2D eigenvalue weighted by molar-refractivity contribution is 5.58. The second-order valence-corrected chi connectivity index (χ2v) is 3.73. The molecule has 0 aliphatic heterocycles. The molecule has 0 radical (unpaired) electrons. The Morgan fingerprint density at radius 2 is 2.20 bits per heavy atom. The Bertz CT molecular complexity index is 340. The Balaban J connectivity index is 2.82. The van der Waals surface area contributed by atoms with Crippen LogP contribution in [0.25, 0.3) is 6.08 Å². The third kappa shape index (κ3) is 3.76. The van der Waals surface area contributed by atoms with Crippen LogP contribution in [0.15, 0.2) is 24.3 Å². The van der Waals surface area contributed by atoms with Gasteiger partial charge in [0.2, 0.25) is 0 Å². The van der Waals surface area contributed by atoms with Gasteiger partial charge in [-0.25, -0.2) is 0 Å². The minimum absolute atomic E-state index is 0.294. The van der Waals surface area contributed by atoms with Crippen LogP contribution < -0.4 is 4.74 Å². The summed E-state index contributed by atoms with van der Waals surface area (Å²) in [6, 6.07) is 6.04. The summed E-state index contributed by atoms with van der Waals surface area (Å²) < 4.78 is 5.24. The number of rotatable bonds is 4. The number of benzene rings is 1. The fourth-order valence-corrected chi connectivity index (χ4v) is 1.38. The number of aliphatic hydroxyl groups is 1. The Morgan fingerprint density at radius 3 is 2.80 bits per heavy atom. The van der Waals surface area contributed by atoms with Gasteiger partial charge in [-0.1, -0.05) is 23.8 Å². The van der Waals surface area contributed by atoms with Crippen molar-refractivity contribution in [1.82, 2.24) is 0 Å². The first-order valence-corrected chi connectivity index (χ1v) is 5.12. The summed E-state index contributed by atoms with van der Waals surface area (Å²) in [5, 5.41) is 9.13. The largest absolute Gasteiger partial charge is 0.496 e. The number of ether oxygens (including phenoxy) is 1. The summed E-state index contributed by atoms with van der Waals surface area (Å²) in [5.74, 6) is 0.863. The molecule has 1 N–H and O–H groups in total. The van der Waals surface area contributed by atoms with Crippen molar-refractivity contribution < 1.29 is 9.84 Å². The minimum atomic E-state index is -0.294. The lowest BCUT2D eigenvalue weighted by Crippen LogP contribution is -1.95. The van der Waals surface area contributed by atoms with Crippen molar-refractivity contribution >= 4 is 6.08 Å². The number of hydrogen-bond donors (Lipinski definition) is 1. The van der Waals surface area contributed by atoms with Crippen LogP contribution in [0.4, 0.5) is 0 Å². The summed E-state index contributed by atoms with van der Waals surface area (Å²) in [4.78, 5) is 0. The highest BCUT2D eigenvalue weighted by atomic mass is 16.5. The van der Waals surface area contributed by atoms with Gasteiger partial charge in [-0.05, 0) is 32.4 Å². The predicted molar refractivity (Wildman–Crippen MR) is 63.1 cm³/mol. The first-order chi connectivity index (χ1) is 7.13. The molecule has 0 fully saturated rings. The highest BCUT2D eigenvalue weighted by Crippen LogP contribution is 2.21. The average Bonchev–Trinajstić information content (AvgIpc) is 2.17. The van der Waals surface area contributed by atoms with E-state index in [9.17, 15) is 0 Å². The van der Waals surface area contributed by atoms with Crippen LogP contribution in [0.1, 0.15) is 24.5 Å². The molecule has 1 aromatic carbocycles. The zero-order valence-electron chi connectivity index (χ0n) is 9.53. The highest BCUT2D eigenvalue weighted by Gasteiger charge is 1.99. The van der Waals surface area contributed by atoms with Gasteiger partial charge in [0.25, 0.3) is 0 Å². The van der Waals surface area contributed by atoms with E-state index in [2.05, 4.69) is 6.07 Å². The van der Waals surface area contributed by atoms with Crippen LogP contribution in [0.2, 0.25) is 0 Å². The molecule has 0 unspecified atom stereocenters. The van der Waals surface area contributed by atoms with Crippen LogP contribution in [0, 0.1) is 6.92 Å². The second-order valence-electron chi connectivity index (χ2n) is 3.73. The Morgan fingerprint density at radius 1 is 1.47 bits per heavy atom. The molecular weight excluding hydrogens is 188 g/mol. The lowest BCUT2D eigenvalue weighted by Gasteiger charge is -2.05.